The first kappa shape index (κ1) is 9.95. The third-order valence-corrected chi connectivity index (χ3v) is 5.22. The van der Waals surface area contributed by atoms with Crippen LogP contribution in [0.1, 0.15) is 13.3 Å². The maximum absolute atomic E-state index is 11.7. The molecule has 0 aliphatic heterocycles. The molecule has 1 aromatic rings. The average Bonchev–Trinajstić information content (AvgIpc) is 2.61. The second-order valence-electron chi connectivity index (χ2n) is 3.64. The molecule has 4 nitrogen and oxygen atoms in total. The molecule has 0 radical (unpaired) electrons. The minimum Gasteiger partial charge on any atom is -0.398 e. The zero-order valence-corrected chi connectivity index (χ0v) is 9.36. The van der Waals surface area contributed by atoms with Gasteiger partial charge in [-0.25, -0.2) is 13.1 Å². The smallest absolute Gasteiger partial charge is 0.250 e. The van der Waals surface area contributed by atoms with Gasteiger partial charge in [0.2, 0.25) is 10.0 Å². The number of anilines is 1. The third-order valence-electron chi connectivity index (χ3n) is 2.28. The summed E-state index contributed by atoms with van der Waals surface area (Å²) in [5.41, 5.74) is 5.97. The van der Waals surface area contributed by atoms with E-state index in [2.05, 4.69) is 4.72 Å². The van der Waals surface area contributed by atoms with Crippen molar-refractivity contribution in [2.75, 3.05) is 5.73 Å². The monoisotopic (exact) mass is 232 g/mol. The molecular weight excluding hydrogens is 220 g/mol. The van der Waals surface area contributed by atoms with Gasteiger partial charge in [-0.3, -0.25) is 0 Å². The Morgan fingerprint density at radius 2 is 2.29 bits per heavy atom. The van der Waals surface area contributed by atoms with Crippen LogP contribution in [0.25, 0.3) is 0 Å². The number of thiophene rings is 1. The van der Waals surface area contributed by atoms with Gasteiger partial charge in [0, 0.05) is 17.1 Å². The molecule has 0 aromatic carbocycles. The van der Waals surface area contributed by atoms with E-state index in [9.17, 15) is 8.42 Å². The van der Waals surface area contributed by atoms with Crippen molar-refractivity contribution in [2.45, 2.75) is 23.6 Å². The summed E-state index contributed by atoms with van der Waals surface area (Å²) in [6, 6.07) is 1.60. The van der Waals surface area contributed by atoms with E-state index in [-0.39, 0.29) is 6.04 Å². The zero-order valence-electron chi connectivity index (χ0n) is 7.73. The van der Waals surface area contributed by atoms with Crippen molar-refractivity contribution >= 4 is 27.0 Å². The molecule has 1 aromatic heterocycles. The molecule has 1 aliphatic rings. The minimum absolute atomic E-state index is 0.114. The van der Waals surface area contributed by atoms with Crippen molar-refractivity contribution in [3.63, 3.8) is 0 Å². The summed E-state index contributed by atoms with van der Waals surface area (Å²) in [5.74, 6) is 0.460. The Balaban J connectivity index is 2.16. The lowest BCUT2D eigenvalue weighted by atomic mass is 10.5. The maximum Gasteiger partial charge on any atom is 0.250 e. The number of nitrogens with two attached hydrogens (primary N) is 1. The maximum atomic E-state index is 11.7. The Labute approximate surface area is 87.2 Å². The predicted octanol–water partition coefficient (Wildman–Crippen LogP) is 1.02. The van der Waals surface area contributed by atoms with Crippen molar-refractivity contribution in [1.82, 2.24) is 4.72 Å². The van der Waals surface area contributed by atoms with Crippen LogP contribution in [-0.2, 0) is 10.0 Å². The molecule has 0 amide bonds. The molecule has 1 heterocycles. The SMILES string of the molecule is CC1CC1NS(=O)(=O)c1cc(N)cs1. The van der Waals surface area contributed by atoms with Gasteiger partial charge in [0.05, 0.1) is 0 Å². The highest BCUT2D eigenvalue weighted by molar-refractivity contribution is 7.91. The van der Waals surface area contributed by atoms with Crippen molar-refractivity contribution in [2.24, 2.45) is 5.92 Å². The van der Waals surface area contributed by atoms with Gasteiger partial charge in [0.15, 0.2) is 0 Å². The Morgan fingerprint density at radius 1 is 1.64 bits per heavy atom. The minimum atomic E-state index is -3.32. The highest BCUT2D eigenvalue weighted by Crippen LogP contribution is 2.31. The molecule has 0 spiro atoms. The topological polar surface area (TPSA) is 72.2 Å². The van der Waals surface area contributed by atoms with Crippen LogP contribution in [0.5, 0.6) is 0 Å². The molecule has 1 saturated carbocycles. The highest BCUT2D eigenvalue weighted by atomic mass is 32.2. The number of sulfonamides is 1. The van der Waals surface area contributed by atoms with Crippen LogP contribution in [-0.4, -0.2) is 14.5 Å². The molecular formula is C8H12N2O2S2. The van der Waals surface area contributed by atoms with Gasteiger partial charge in [-0.05, 0) is 18.4 Å². The molecule has 1 aliphatic carbocycles. The van der Waals surface area contributed by atoms with E-state index in [1.165, 1.54) is 6.07 Å². The Hall–Kier alpha value is -0.590. The Kier molecular flexibility index (Phi) is 2.29. The normalized spacial score (nSPS) is 26.4. The van der Waals surface area contributed by atoms with E-state index in [0.717, 1.165) is 17.8 Å². The van der Waals surface area contributed by atoms with Crippen LogP contribution < -0.4 is 10.5 Å². The Morgan fingerprint density at radius 3 is 2.71 bits per heavy atom. The molecule has 2 rings (SSSR count). The van der Waals surface area contributed by atoms with Crippen LogP contribution in [0.15, 0.2) is 15.7 Å². The quantitative estimate of drug-likeness (QED) is 0.817. The first-order valence-electron chi connectivity index (χ1n) is 4.35. The van der Waals surface area contributed by atoms with Gasteiger partial charge in [0.25, 0.3) is 0 Å². The zero-order chi connectivity index (χ0) is 10.3. The lowest BCUT2D eigenvalue weighted by Crippen LogP contribution is -2.26. The van der Waals surface area contributed by atoms with Crippen LogP contribution in [0, 0.1) is 5.92 Å². The number of hydrogen-bond acceptors (Lipinski definition) is 4. The van der Waals surface area contributed by atoms with Gasteiger partial charge >= 0.3 is 0 Å². The molecule has 14 heavy (non-hydrogen) atoms. The van der Waals surface area contributed by atoms with Crippen LogP contribution in [0.4, 0.5) is 5.69 Å². The predicted molar refractivity (Wildman–Crippen MR) is 56.6 cm³/mol. The fourth-order valence-corrected chi connectivity index (χ4v) is 3.67. The summed E-state index contributed by atoms with van der Waals surface area (Å²) in [6.07, 6.45) is 0.931. The fraction of sp³-hybridized carbons (Fsp3) is 0.500. The largest absolute Gasteiger partial charge is 0.398 e. The molecule has 1 fully saturated rings. The van der Waals surface area contributed by atoms with Crippen molar-refractivity contribution in [3.05, 3.63) is 11.4 Å². The summed E-state index contributed by atoms with van der Waals surface area (Å²) in [6.45, 7) is 2.02. The van der Waals surface area contributed by atoms with Gasteiger partial charge in [-0.15, -0.1) is 11.3 Å². The van der Waals surface area contributed by atoms with E-state index in [0.29, 0.717) is 15.8 Å². The van der Waals surface area contributed by atoms with Crippen molar-refractivity contribution < 1.29 is 8.42 Å². The van der Waals surface area contributed by atoms with E-state index in [4.69, 9.17) is 5.73 Å². The molecule has 2 unspecified atom stereocenters. The average molecular weight is 232 g/mol. The second-order valence-corrected chi connectivity index (χ2v) is 6.49. The summed E-state index contributed by atoms with van der Waals surface area (Å²) in [4.78, 5) is 0. The molecule has 6 heteroatoms. The molecule has 2 atom stereocenters. The van der Waals surface area contributed by atoms with E-state index >= 15 is 0 Å². The van der Waals surface area contributed by atoms with Crippen LogP contribution in [0.2, 0.25) is 0 Å². The standard InChI is InChI=1S/C8H12N2O2S2/c1-5-2-7(5)10-14(11,12)8-3-6(9)4-13-8/h3-5,7,10H,2,9H2,1H3. The summed E-state index contributed by atoms with van der Waals surface area (Å²) in [5, 5.41) is 1.63. The molecule has 78 valence electrons. The molecule has 0 saturated heterocycles. The first-order valence-corrected chi connectivity index (χ1v) is 6.71. The summed E-state index contributed by atoms with van der Waals surface area (Å²) in [7, 11) is -3.32. The lowest BCUT2D eigenvalue weighted by Gasteiger charge is -2.01. The van der Waals surface area contributed by atoms with Crippen molar-refractivity contribution in [1.29, 1.82) is 0 Å². The van der Waals surface area contributed by atoms with Gasteiger partial charge in [0.1, 0.15) is 4.21 Å². The van der Waals surface area contributed by atoms with Crippen LogP contribution in [0.3, 0.4) is 0 Å². The number of rotatable bonds is 3. The lowest BCUT2D eigenvalue weighted by molar-refractivity contribution is 0.580. The number of nitrogens with one attached hydrogen (secondary N) is 1. The second kappa shape index (κ2) is 3.22. The highest BCUT2D eigenvalue weighted by Gasteiger charge is 2.36. The number of hydrogen-bond donors (Lipinski definition) is 2. The first-order chi connectivity index (χ1) is 6.49. The molecule has 0 bridgehead atoms. The molecule has 3 N–H and O–H groups in total. The number of nitrogen functional groups attached to an aromatic ring is 1. The van der Waals surface area contributed by atoms with Gasteiger partial charge < -0.3 is 5.73 Å². The van der Waals surface area contributed by atoms with Gasteiger partial charge in [-0.1, -0.05) is 6.92 Å². The van der Waals surface area contributed by atoms with Crippen LogP contribution >= 0.6 is 11.3 Å². The Bertz CT molecular complexity index is 438. The van der Waals surface area contributed by atoms with E-state index in [1.54, 1.807) is 5.38 Å². The summed E-state index contributed by atoms with van der Waals surface area (Å²) < 4.78 is 26.3. The fourth-order valence-electron chi connectivity index (χ4n) is 1.21. The van der Waals surface area contributed by atoms with E-state index in [1.807, 2.05) is 6.92 Å². The van der Waals surface area contributed by atoms with Gasteiger partial charge in [-0.2, -0.15) is 0 Å². The van der Waals surface area contributed by atoms with E-state index < -0.39 is 10.0 Å². The third kappa shape index (κ3) is 1.92. The van der Waals surface area contributed by atoms with Crippen molar-refractivity contribution in [3.8, 4) is 0 Å². The summed E-state index contributed by atoms with van der Waals surface area (Å²) >= 11 is 1.15.